The van der Waals surface area contributed by atoms with Crippen LogP contribution >= 0.6 is 22.7 Å². The Morgan fingerprint density at radius 1 is 1.00 bits per heavy atom. The lowest BCUT2D eigenvalue weighted by Crippen LogP contribution is -1.66. The molecule has 0 nitrogen and oxygen atoms in total. The van der Waals surface area contributed by atoms with Crippen LogP contribution in [0.5, 0.6) is 0 Å². The van der Waals surface area contributed by atoms with Crippen molar-refractivity contribution in [3.63, 3.8) is 0 Å². The van der Waals surface area contributed by atoms with Crippen molar-refractivity contribution in [2.24, 2.45) is 0 Å². The van der Waals surface area contributed by atoms with Crippen LogP contribution in [0.3, 0.4) is 0 Å². The van der Waals surface area contributed by atoms with Crippen molar-refractivity contribution in [3.05, 3.63) is 27.5 Å². The van der Waals surface area contributed by atoms with E-state index in [1.54, 1.807) is 0 Å². The quantitative estimate of drug-likeness (QED) is 0.646. The van der Waals surface area contributed by atoms with Crippen LogP contribution in [0.4, 0.5) is 0 Å². The molecule has 0 aromatic carbocycles. The fourth-order valence-electron chi connectivity index (χ4n) is 1.51. The van der Waals surface area contributed by atoms with E-state index in [1.165, 1.54) is 30.3 Å². The molecule has 2 heterocycles. The summed E-state index contributed by atoms with van der Waals surface area (Å²) in [5, 5.41) is 0. The Morgan fingerprint density at radius 3 is 2.23 bits per heavy atom. The molecular formula is C11H12S2. The third-order valence-electron chi connectivity index (χ3n) is 2.41. The third-order valence-corrected chi connectivity index (χ3v) is 5.02. The second-order valence-corrected chi connectivity index (χ2v) is 5.67. The van der Waals surface area contributed by atoms with Gasteiger partial charge in [-0.25, -0.2) is 0 Å². The molecule has 0 unspecified atom stereocenters. The van der Waals surface area contributed by atoms with E-state index in [0.29, 0.717) is 0 Å². The molecule has 0 aliphatic rings. The van der Waals surface area contributed by atoms with Gasteiger partial charge in [-0.15, -0.1) is 22.7 Å². The van der Waals surface area contributed by atoms with Gasteiger partial charge in [0, 0.05) is 20.0 Å². The molecule has 0 spiro atoms. The summed E-state index contributed by atoms with van der Waals surface area (Å²) in [5.41, 5.74) is 2.78. The number of thiophene rings is 2. The maximum atomic E-state index is 3.87. The molecule has 0 amide bonds. The monoisotopic (exact) mass is 208 g/mol. The van der Waals surface area contributed by atoms with Gasteiger partial charge in [0.15, 0.2) is 0 Å². The number of aryl methyl sites for hydroxylation is 3. The van der Waals surface area contributed by atoms with E-state index in [4.69, 9.17) is 0 Å². The van der Waals surface area contributed by atoms with Gasteiger partial charge in [0.1, 0.15) is 0 Å². The van der Waals surface area contributed by atoms with E-state index in [1.807, 2.05) is 28.7 Å². The SMILES string of the molecule is C=Cc1c(C)sc2c(C)c(C)sc12. The van der Waals surface area contributed by atoms with Gasteiger partial charge in [0.05, 0.1) is 4.70 Å². The summed E-state index contributed by atoms with van der Waals surface area (Å²) in [4.78, 5) is 2.82. The van der Waals surface area contributed by atoms with E-state index in [2.05, 4.69) is 27.4 Å². The Bertz CT molecular complexity index is 472. The normalized spacial score (nSPS) is 11.0. The standard InChI is InChI=1S/C11H12S2/c1-5-9-8(4)13-10-6(2)7(3)12-11(9)10/h5H,1H2,2-4H3. The van der Waals surface area contributed by atoms with Crippen molar-refractivity contribution >= 4 is 38.1 Å². The zero-order valence-corrected chi connectivity index (χ0v) is 9.73. The van der Waals surface area contributed by atoms with E-state index in [0.717, 1.165) is 0 Å². The van der Waals surface area contributed by atoms with Gasteiger partial charge >= 0.3 is 0 Å². The molecule has 2 aromatic rings. The van der Waals surface area contributed by atoms with Gasteiger partial charge in [-0.1, -0.05) is 12.7 Å². The second-order valence-electron chi connectivity index (χ2n) is 3.22. The van der Waals surface area contributed by atoms with Gasteiger partial charge in [-0.3, -0.25) is 0 Å². The van der Waals surface area contributed by atoms with Crippen LogP contribution in [0.1, 0.15) is 20.9 Å². The highest BCUT2D eigenvalue weighted by Gasteiger charge is 2.12. The van der Waals surface area contributed by atoms with Crippen molar-refractivity contribution in [3.8, 4) is 0 Å². The Labute approximate surface area is 86.5 Å². The molecule has 0 fully saturated rings. The summed E-state index contributed by atoms with van der Waals surface area (Å²) in [6.45, 7) is 10.4. The summed E-state index contributed by atoms with van der Waals surface area (Å²) in [6.07, 6.45) is 1.98. The Kier molecular flexibility index (Phi) is 2.05. The van der Waals surface area contributed by atoms with Crippen molar-refractivity contribution in [2.75, 3.05) is 0 Å². The van der Waals surface area contributed by atoms with Gasteiger partial charge in [-0.05, 0) is 26.3 Å². The fourth-order valence-corrected chi connectivity index (χ4v) is 4.15. The number of hydrogen-bond donors (Lipinski definition) is 0. The van der Waals surface area contributed by atoms with Gasteiger partial charge in [0.2, 0.25) is 0 Å². The summed E-state index contributed by atoms with van der Waals surface area (Å²) >= 11 is 3.78. The van der Waals surface area contributed by atoms with Crippen LogP contribution in [-0.4, -0.2) is 0 Å². The maximum Gasteiger partial charge on any atom is 0.0531 e. The van der Waals surface area contributed by atoms with E-state index in [9.17, 15) is 0 Å². The lowest BCUT2D eigenvalue weighted by Gasteiger charge is -1.88. The third kappa shape index (κ3) is 1.17. The van der Waals surface area contributed by atoms with Crippen LogP contribution in [-0.2, 0) is 0 Å². The summed E-state index contributed by atoms with van der Waals surface area (Å²) < 4.78 is 2.88. The van der Waals surface area contributed by atoms with Crippen molar-refractivity contribution < 1.29 is 0 Å². The molecule has 2 aromatic heterocycles. The lowest BCUT2D eigenvalue weighted by molar-refractivity contribution is 1.48. The Morgan fingerprint density at radius 2 is 1.62 bits per heavy atom. The first-order chi connectivity index (χ1) is 6.15. The molecule has 13 heavy (non-hydrogen) atoms. The summed E-state index contributed by atoms with van der Waals surface area (Å²) in [6, 6.07) is 0. The minimum Gasteiger partial charge on any atom is -0.139 e. The molecular weight excluding hydrogens is 196 g/mol. The van der Waals surface area contributed by atoms with Crippen molar-refractivity contribution in [1.82, 2.24) is 0 Å². The number of hydrogen-bond acceptors (Lipinski definition) is 2. The molecule has 0 aliphatic heterocycles. The second kappa shape index (κ2) is 2.96. The summed E-state index contributed by atoms with van der Waals surface area (Å²) in [7, 11) is 0. The van der Waals surface area contributed by atoms with Crippen LogP contribution in [0.2, 0.25) is 0 Å². The first kappa shape index (κ1) is 8.97. The predicted octanol–water partition coefficient (Wildman–Crippen LogP) is 4.53. The van der Waals surface area contributed by atoms with Crippen LogP contribution in [0, 0.1) is 20.8 Å². The van der Waals surface area contributed by atoms with Crippen molar-refractivity contribution in [1.29, 1.82) is 0 Å². The van der Waals surface area contributed by atoms with Crippen LogP contribution in [0.25, 0.3) is 15.5 Å². The molecule has 0 bridgehead atoms. The minimum absolute atomic E-state index is 1.33. The van der Waals surface area contributed by atoms with Crippen LogP contribution in [0.15, 0.2) is 6.58 Å². The topological polar surface area (TPSA) is 0 Å². The fraction of sp³-hybridized carbons (Fsp3) is 0.273. The largest absolute Gasteiger partial charge is 0.139 e. The molecule has 0 saturated carbocycles. The molecule has 68 valence electrons. The highest BCUT2D eigenvalue weighted by atomic mass is 32.1. The molecule has 0 N–H and O–H groups in total. The highest BCUT2D eigenvalue weighted by Crippen LogP contribution is 2.40. The predicted molar refractivity (Wildman–Crippen MR) is 64.0 cm³/mol. The number of fused-ring (bicyclic) bond motifs is 1. The zero-order chi connectivity index (χ0) is 9.59. The van der Waals surface area contributed by atoms with Gasteiger partial charge < -0.3 is 0 Å². The Hall–Kier alpha value is -0.600. The maximum absolute atomic E-state index is 3.87. The zero-order valence-electron chi connectivity index (χ0n) is 8.10. The van der Waals surface area contributed by atoms with Gasteiger partial charge in [0.25, 0.3) is 0 Å². The number of rotatable bonds is 1. The molecule has 2 heteroatoms. The average Bonchev–Trinajstić information content (AvgIpc) is 2.52. The van der Waals surface area contributed by atoms with E-state index in [-0.39, 0.29) is 0 Å². The van der Waals surface area contributed by atoms with E-state index >= 15 is 0 Å². The molecule has 2 rings (SSSR count). The molecule has 0 saturated heterocycles. The molecule has 0 aliphatic carbocycles. The smallest absolute Gasteiger partial charge is 0.0531 e. The highest BCUT2D eigenvalue weighted by molar-refractivity contribution is 7.28. The lowest BCUT2D eigenvalue weighted by atomic mass is 10.2. The first-order valence-electron chi connectivity index (χ1n) is 4.26. The first-order valence-corrected chi connectivity index (χ1v) is 5.90. The van der Waals surface area contributed by atoms with Gasteiger partial charge in [-0.2, -0.15) is 0 Å². The van der Waals surface area contributed by atoms with Crippen molar-refractivity contribution in [2.45, 2.75) is 20.8 Å². The van der Waals surface area contributed by atoms with E-state index < -0.39 is 0 Å². The molecule has 0 radical (unpaired) electrons. The Balaban J connectivity index is 2.91. The van der Waals surface area contributed by atoms with Crippen LogP contribution < -0.4 is 0 Å². The molecule has 0 atom stereocenters. The summed E-state index contributed by atoms with van der Waals surface area (Å²) in [5.74, 6) is 0. The average molecular weight is 208 g/mol. The minimum atomic E-state index is 1.33.